The summed E-state index contributed by atoms with van der Waals surface area (Å²) in [6, 6.07) is 5.68. The van der Waals surface area contributed by atoms with Crippen molar-refractivity contribution >= 4 is 11.8 Å². The van der Waals surface area contributed by atoms with Gasteiger partial charge < -0.3 is 10.5 Å². The molecule has 0 bridgehead atoms. The van der Waals surface area contributed by atoms with Crippen LogP contribution >= 0.6 is 0 Å². The highest BCUT2D eigenvalue weighted by atomic mass is 19.1. The van der Waals surface area contributed by atoms with Crippen molar-refractivity contribution in [1.29, 1.82) is 0 Å². The topological polar surface area (TPSA) is 55.6 Å². The second-order valence-corrected chi connectivity index (χ2v) is 3.33. The number of hydrogen-bond acceptors (Lipinski definition) is 3. The quantitative estimate of drug-likeness (QED) is 0.795. The summed E-state index contributed by atoms with van der Waals surface area (Å²) in [6.07, 6.45) is -0.709. The van der Waals surface area contributed by atoms with Crippen LogP contribution in [0.1, 0.15) is 0 Å². The number of carbonyl (C=O) groups is 1. The molecule has 2 rings (SSSR count). The number of hydrogen-bond donors (Lipinski definition) is 1. The van der Waals surface area contributed by atoms with Crippen LogP contribution in [0.2, 0.25) is 0 Å². The minimum Gasteiger partial charge on any atom is -0.443 e. The van der Waals surface area contributed by atoms with Crippen molar-refractivity contribution in [2.45, 2.75) is 6.10 Å². The molecule has 15 heavy (non-hydrogen) atoms. The summed E-state index contributed by atoms with van der Waals surface area (Å²) in [5.74, 6) is -0.332. The summed E-state index contributed by atoms with van der Waals surface area (Å²) in [7, 11) is 0. The lowest BCUT2D eigenvalue weighted by molar-refractivity contribution is 0.145. The van der Waals surface area contributed by atoms with Crippen LogP contribution in [0.25, 0.3) is 0 Å². The number of nitrogens with zero attached hydrogens (tertiary/aromatic N) is 1. The lowest BCUT2D eigenvalue weighted by Gasteiger charge is -2.12. The van der Waals surface area contributed by atoms with Crippen molar-refractivity contribution in [3.63, 3.8) is 0 Å². The molecule has 80 valence electrons. The zero-order valence-electron chi connectivity index (χ0n) is 8.02. The number of amides is 1. The Morgan fingerprint density at radius 1 is 1.47 bits per heavy atom. The van der Waals surface area contributed by atoms with Gasteiger partial charge in [0.25, 0.3) is 0 Å². The largest absolute Gasteiger partial charge is 0.443 e. The second-order valence-electron chi connectivity index (χ2n) is 3.33. The molecule has 0 saturated carbocycles. The van der Waals surface area contributed by atoms with Crippen molar-refractivity contribution in [1.82, 2.24) is 0 Å². The van der Waals surface area contributed by atoms with Gasteiger partial charge in [-0.2, -0.15) is 0 Å². The number of benzene rings is 1. The number of nitrogens with two attached hydrogens (primary N) is 1. The fraction of sp³-hybridized carbons (Fsp3) is 0.300. The number of cyclic esters (lactones) is 1. The number of carbonyl (C=O) groups excluding carboxylic acids is 1. The number of halogens is 1. The average Bonchev–Trinajstić information content (AvgIpc) is 2.61. The molecule has 1 aromatic carbocycles. The van der Waals surface area contributed by atoms with Gasteiger partial charge in [-0.1, -0.05) is 0 Å². The Morgan fingerprint density at radius 2 is 2.13 bits per heavy atom. The molecule has 1 atom stereocenters. The van der Waals surface area contributed by atoms with E-state index in [0.29, 0.717) is 18.8 Å². The third kappa shape index (κ3) is 1.92. The van der Waals surface area contributed by atoms with Gasteiger partial charge in [0.15, 0.2) is 0 Å². The lowest BCUT2D eigenvalue weighted by Crippen LogP contribution is -2.27. The van der Waals surface area contributed by atoms with Gasteiger partial charge >= 0.3 is 6.09 Å². The smallest absolute Gasteiger partial charge is 0.414 e. The van der Waals surface area contributed by atoms with Crippen LogP contribution in [0.3, 0.4) is 0 Å². The maximum absolute atomic E-state index is 12.7. The molecule has 0 aromatic heterocycles. The van der Waals surface area contributed by atoms with Gasteiger partial charge in [-0.15, -0.1) is 0 Å². The van der Waals surface area contributed by atoms with Gasteiger partial charge in [0.2, 0.25) is 0 Å². The predicted molar refractivity (Wildman–Crippen MR) is 53.1 cm³/mol. The van der Waals surface area contributed by atoms with Gasteiger partial charge in [-0.25, -0.2) is 9.18 Å². The molecule has 1 aliphatic heterocycles. The normalized spacial score (nSPS) is 20.5. The summed E-state index contributed by atoms with van der Waals surface area (Å²) in [6.45, 7) is 0.713. The molecule has 0 radical (unpaired) electrons. The van der Waals surface area contributed by atoms with Crippen LogP contribution in [-0.4, -0.2) is 25.3 Å². The zero-order valence-corrected chi connectivity index (χ0v) is 8.02. The van der Waals surface area contributed by atoms with Crippen molar-refractivity contribution < 1.29 is 13.9 Å². The fourth-order valence-electron chi connectivity index (χ4n) is 1.48. The van der Waals surface area contributed by atoms with Crippen LogP contribution in [0.4, 0.5) is 14.9 Å². The highest BCUT2D eigenvalue weighted by molar-refractivity contribution is 5.89. The minimum absolute atomic E-state index is 0.275. The Kier molecular flexibility index (Phi) is 2.55. The minimum atomic E-state index is -0.433. The summed E-state index contributed by atoms with van der Waals surface area (Å²) in [5.41, 5.74) is 6.02. The van der Waals surface area contributed by atoms with Crippen molar-refractivity contribution in [3.8, 4) is 0 Å². The molecular weight excluding hydrogens is 199 g/mol. The van der Waals surface area contributed by atoms with Crippen LogP contribution in [0.5, 0.6) is 0 Å². The Morgan fingerprint density at radius 3 is 2.67 bits per heavy atom. The number of rotatable bonds is 2. The molecule has 1 aliphatic rings. The molecule has 4 nitrogen and oxygen atoms in total. The van der Waals surface area contributed by atoms with Gasteiger partial charge in [-0.3, -0.25) is 4.90 Å². The molecule has 1 saturated heterocycles. The second kappa shape index (κ2) is 3.86. The van der Waals surface area contributed by atoms with Crippen LogP contribution in [0.15, 0.2) is 24.3 Å². The maximum atomic E-state index is 12.7. The predicted octanol–water partition coefficient (Wildman–Crippen LogP) is 1.11. The molecular formula is C10H11FN2O2. The Bertz CT molecular complexity index is 366. The summed E-state index contributed by atoms with van der Waals surface area (Å²) < 4.78 is 17.6. The highest BCUT2D eigenvalue weighted by Gasteiger charge is 2.31. The first kappa shape index (κ1) is 9.92. The third-order valence-corrected chi connectivity index (χ3v) is 2.28. The van der Waals surface area contributed by atoms with E-state index in [0.717, 1.165) is 0 Å². The van der Waals surface area contributed by atoms with Gasteiger partial charge in [0.05, 0.1) is 6.54 Å². The van der Waals surface area contributed by atoms with E-state index in [1.165, 1.54) is 29.2 Å². The molecule has 5 heteroatoms. The molecule has 1 aromatic rings. The molecule has 1 amide bonds. The van der Waals surface area contributed by atoms with Gasteiger partial charge in [-0.05, 0) is 24.3 Å². The van der Waals surface area contributed by atoms with E-state index in [1.807, 2.05) is 0 Å². The molecule has 1 fully saturated rings. The van der Waals surface area contributed by atoms with Crippen molar-refractivity contribution in [2.75, 3.05) is 18.0 Å². The summed E-state index contributed by atoms with van der Waals surface area (Å²) >= 11 is 0. The van der Waals surface area contributed by atoms with E-state index < -0.39 is 6.09 Å². The van der Waals surface area contributed by atoms with Crippen LogP contribution in [-0.2, 0) is 4.74 Å². The zero-order chi connectivity index (χ0) is 10.8. The van der Waals surface area contributed by atoms with E-state index in [9.17, 15) is 9.18 Å². The third-order valence-electron chi connectivity index (χ3n) is 2.28. The van der Waals surface area contributed by atoms with E-state index in [4.69, 9.17) is 10.5 Å². The Labute approximate surface area is 86.4 Å². The molecule has 0 spiro atoms. The van der Waals surface area contributed by atoms with E-state index in [-0.39, 0.29) is 11.9 Å². The van der Waals surface area contributed by atoms with Gasteiger partial charge in [0, 0.05) is 12.2 Å². The molecule has 0 unspecified atom stereocenters. The monoisotopic (exact) mass is 210 g/mol. The average molecular weight is 210 g/mol. The number of anilines is 1. The summed E-state index contributed by atoms with van der Waals surface area (Å²) in [5, 5.41) is 0. The van der Waals surface area contributed by atoms with Crippen LogP contribution < -0.4 is 10.6 Å². The standard InChI is InChI=1S/C10H11FN2O2/c11-7-1-3-8(4-2-7)13-6-9(5-12)15-10(13)14/h1-4,9H,5-6,12H2/t9-/m1/s1. The highest BCUT2D eigenvalue weighted by Crippen LogP contribution is 2.21. The fourth-order valence-corrected chi connectivity index (χ4v) is 1.48. The van der Waals surface area contributed by atoms with Crippen molar-refractivity contribution in [2.24, 2.45) is 5.73 Å². The van der Waals surface area contributed by atoms with Gasteiger partial charge in [0.1, 0.15) is 11.9 Å². The SMILES string of the molecule is NC[C@@H]1CN(c2ccc(F)cc2)C(=O)O1. The first-order valence-electron chi connectivity index (χ1n) is 4.64. The number of ether oxygens (including phenoxy) is 1. The van der Waals surface area contributed by atoms with E-state index in [1.54, 1.807) is 0 Å². The molecule has 1 heterocycles. The summed E-state index contributed by atoms with van der Waals surface area (Å²) in [4.78, 5) is 12.8. The Balaban J connectivity index is 2.18. The lowest BCUT2D eigenvalue weighted by atomic mass is 10.2. The first-order chi connectivity index (χ1) is 7.20. The maximum Gasteiger partial charge on any atom is 0.414 e. The van der Waals surface area contributed by atoms with Crippen LogP contribution in [0, 0.1) is 5.82 Å². The van der Waals surface area contributed by atoms with E-state index in [2.05, 4.69) is 0 Å². The first-order valence-corrected chi connectivity index (χ1v) is 4.64. The molecule has 2 N–H and O–H groups in total. The van der Waals surface area contributed by atoms with E-state index >= 15 is 0 Å². The molecule has 0 aliphatic carbocycles. The van der Waals surface area contributed by atoms with Crippen molar-refractivity contribution in [3.05, 3.63) is 30.1 Å². The Hall–Kier alpha value is -1.62.